The van der Waals surface area contributed by atoms with Crippen molar-refractivity contribution in [1.29, 1.82) is 0 Å². The Kier molecular flexibility index (Phi) is 30.1. The molecule has 1 amide bonds. The molecule has 3 unspecified atom stereocenters. The van der Waals surface area contributed by atoms with Gasteiger partial charge >= 0.3 is 5.97 Å². The predicted molar refractivity (Wildman–Crippen MR) is 307 cm³/mol. The van der Waals surface area contributed by atoms with Gasteiger partial charge in [-0.05, 0) is 46.1 Å². The van der Waals surface area contributed by atoms with E-state index in [1.54, 1.807) is 86.8 Å². The van der Waals surface area contributed by atoms with Crippen LogP contribution in [0.5, 0.6) is 0 Å². The summed E-state index contributed by atoms with van der Waals surface area (Å²) in [6.45, 7) is 8.95. The van der Waals surface area contributed by atoms with Crippen LogP contribution in [-0.2, 0) is 38.0 Å². The van der Waals surface area contributed by atoms with Crippen molar-refractivity contribution in [2.75, 3.05) is 52.5 Å². The summed E-state index contributed by atoms with van der Waals surface area (Å²) in [7, 11) is 0. The van der Waals surface area contributed by atoms with Crippen LogP contribution < -0.4 is 10.6 Å². The van der Waals surface area contributed by atoms with Gasteiger partial charge in [0.1, 0.15) is 30.5 Å². The van der Waals surface area contributed by atoms with Crippen molar-refractivity contribution in [3.8, 4) is 0 Å². The molecule has 0 saturated carbocycles. The first-order valence-corrected chi connectivity index (χ1v) is 29.7. The van der Waals surface area contributed by atoms with E-state index in [1.165, 1.54) is 13.0 Å². The number of amides is 1. The number of allylic oxidation sites excluding steroid dienone is 12. The van der Waals surface area contributed by atoms with E-state index in [2.05, 4.69) is 15.5 Å². The highest BCUT2D eigenvalue weighted by Gasteiger charge is 2.53. The Balaban J connectivity index is 1.42. The zero-order valence-corrected chi connectivity index (χ0v) is 49.2. The first-order valence-electron chi connectivity index (χ1n) is 29.7. The van der Waals surface area contributed by atoms with Crippen molar-refractivity contribution in [2.24, 2.45) is 17.8 Å². The van der Waals surface area contributed by atoms with E-state index in [0.29, 0.717) is 26.2 Å². The zero-order chi connectivity index (χ0) is 62.4. The van der Waals surface area contributed by atoms with Gasteiger partial charge in [-0.1, -0.05) is 98.9 Å². The lowest BCUT2D eigenvalue weighted by molar-refractivity contribution is -0.323. The number of fused-ring (bicyclic) bond motifs is 2. The molecule has 16 N–H and O–H groups in total. The third kappa shape index (κ3) is 23.0. The summed E-state index contributed by atoms with van der Waals surface area (Å²) < 4.78 is 35.0. The van der Waals surface area contributed by atoms with Crippen LogP contribution in [0, 0.1) is 17.8 Å². The lowest BCUT2D eigenvalue weighted by Crippen LogP contribution is -2.69. The first-order chi connectivity index (χ1) is 40.3. The number of morpholine rings is 1. The first kappa shape index (κ1) is 72.0. The molecule has 2 bridgehead atoms. The maximum Gasteiger partial charge on any atom is 0.308 e. The number of rotatable bonds is 10. The van der Waals surface area contributed by atoms with Crippen molar-refractivity contribution in [1.82, 2.24) is 15.5 Å². The summed E-state index contributed by atoms with van der Waals surface area (Å²) in [6, 6.07) is -1.34. The lowest BCUT2D eigenvalue weighted by atomic mass is 9.82. The highest BCUT2D eigenvalue weighted by atomic mass is 16.7. The third-order valence-corrected chi connectivity index (χ3v) is 16.3. The number of carbonyl (C=O) groups is 2. The van der Waals surface area contributed by atoms with Gasteiger partial charge in [0.2, 0.25) is 11.7 Å². The maximum atomic E-state index is 14.2. The van der Waals surface area contributed by atoms with Crippen molar-refractivity contribution < 1.29 is 110 Å². The number of carbonyl (C=O) groups excluding carboxylic acids is 2. The number of ether oxygens (including phenoxy) is 6. The summed E-state index contributed by atoms with van der Waals surface area (Å²) in [5, 5.41) is 160. The minimum atomic E-state index is -2.47. The van der Waals surface area contributed by atoms with E-state index >= 15 is 0 Å². The second kappa shape index (κ2) is 35.5. The summed E-state index contributed by atoms with van der Waals surface area (Å²) in [5.41, 5.74) is 0. The fraction of sp³-hybridized carbons (Fsp3) is 0.733. The van der Waals surface area contributed by atoms with Crippen molar-refractivity contribution in [3.05, 3.63) is 85.1 Å². The molecule has 484 valence electrons. The van der Waals surface area contributed by atoms with E-state index in [-0.39, 0.29) is 38.1 Å². The number of hydrogen-bond acceptors (Lipinski definition) is 24. The molecule has 0 aliphatic carbocycles. The molecule has 0 spiro atoms. The molecule has 25 heteroatoms. The van der Waals surface area contributed by atoms with Gasteiger partial charge in [-0.25, -0.2) is 0 Å². The average molecular weight is 1210 g/mol. The number of esters is 1. The van der Waals surface area contributed by atoms with Gasteiger partial charge in [-0.2, -0.15) is 0 Å². The van der Waals surface area contributed by atoms with Crippen molar-refractivity contribution in [3.63, 3.8) is 0 Å². The second-order valence-electron chi connectivity index (χ2n) is 23.3. The topological polar surface area (TPSA) is 400 Å². The summed E-state index contributed by atoms with van der Waals surface area (Å²) in [6.07, 6.45) is -2.45. The minimum absolute atomic E-state index is 0.130. The van der Waals surface area contributed by atoms with E-state index in [4.69, 9.17) is 28.4 Å². The Hall–Kier alpha value is -3.72. The predicted octanol–water partition coefficient (Wildman–Crippen LogP) is -2.10. The molecule has 5 aliphatic rings. The Labute approximate surface area is 497 Å². The monoisotopic (exact) mass is 1210 g/mol. The Morgan fingerprint density at radius 2 is 1.29 bits per heavy atom. The van der Waals surface area contributed by atoms with E-state index in [0.717, 1.165) is 13.1 Å². The quantitative estimate of drug-likeness (QED) is 0.0823. The number of aliphatic hydroxyl groups excluding tert-OH is 12. The highest BCUT2D eigenvalue weighted by molar-refractivity contribution is 5.80. The molecule has 4 fully saturated rings. The van der Waals surface area contributed by atoms with Crippen molar-refractivity contribution >= 4 is 11.9 Å². The van der Waals surface area contributed by atoms with Crippen LogP contribution in [0.1, 0.15) is 85.5 Å². The largest absolute Gasteiger partial charge is 0.462 e. The van der Waals surface area contributed by atoms with Gasteiger partial charge in [0.25, 0.3) is 0 Å². The van der Waals surface area contributed by atoms with Crippen LogP contribution in [0.4, 0.5) is 0 Å². The summed E-state index contributed by atoms with van der Waals surface area (Å²) in [5.74, 6) is -8.36. The molecule has 5 rings (SSSR count). The van der Waals surface area contributed by atoms with Crippen LogP contribution in [0.15, 0.2) is 85.1 Å². The molecule has 5 heterocycles. The SMILES string of the molecule is C[C@@H]1[C@H](O)[C@@H](C)C=CC=CC=CC=CC=CC=CC=C[C@H](OC2O[C@H](C)[C@@H](O)[C@H](NC[C@@]3(O)OC[C@@H](O)[C@H](O)[C@@H]3O)[C@@H]2O)CC2O[C@](O)(C[C@@H](O)C[C@@H](O)[C@H](O)CC[C@@H](O)C[C@@H](O)CC(=O)O[C@H]1C)C[C@H](O)C2C(=O)NCCCN1CCOCC1. The Morgan fingerprint density at radius 3 is 1.94 bits per heavy atom. The third-order valence-electron chi connectivity index (χ3n) is 16.3. The summed E-state index contributed by atoms with van der Waals surface area (Å²) in [4.78, 5) is 29.2. The van der Waals surface area contributed by atoms with E-state index in [9.17, 15) is 81.1 Å². The van der Waals surface area contributed by atoms with E-state index in [1.807, 2.05) is 13.0 Å². The highest BCUT2D eigenvalue weighted by Crippen LogP contribution is 2.39. The molecule has 5 aliphatic heterocycles. The molecule has 25 nitrogen and oxygen atoms in total. The van der Waals surface area contributed by atoms with E-state index < -0.39 is 184 Å². The number of hydrogen-bond donors (Lipinski definition) is 16. The van der Waals surface area contributed by atoms with Gasteiger partial charge in [0.15, 0.2) is 12.1 Å². The molecule has 0 aromatic carbocycles. The lowest BCUT2D eigenvalue weighted by Gasteiger charge is -2.47. The molecule has 4 saturated heterocycles. The number of aliphatic hydroxyl groups is 14. The van der Waals surface area contributed by atoms with Gasteiger partial charge in [-0.3, -0.25) is 14.5 Å². The van der Waals surface area contributed by atoms with Gasteiger partial charge in [0.05, 0.1) is 112 Å². The fourth-order valence-electron chi connectivity index (χ4n) is 11.0. The number of nitrogens with one attached hydrogen (secondary N) is 2. The Morgan fingerprint density at radius 1 is 0.671 bits per heavy atom. The number of cyclic esters (lactones) is 1. The Bertz CT molecular complexity index is 2210. The number of nitrogens with zero attached hydrogens (tertiary/aromatic N) is 1. The standard InChI is InChI=1S/C60H97N3O22/c1-36-18-15-13-11-9-7-5-6-8-10-12-14-16-19-43(84-58-55(75)51(53(73)39(4)83-58)62-35-60(79)56(76)54(74)47(70)34-81-60)31-48-50(57(77)61-22-17-23-63-24-26-80-27-25-63)46(69)33-59(78,85-48)32-42(66)29-45(68)44(67)21-20-40(64)28-41(65)30-49(71)82-38(3)37(2)52(36)72/h5-16,18-19,36-48,50-56,58,62,64-70,72-76,78-79H,17,20-35H2,1-4H3,(H,61,77)/t36-,37-,38-,39+,40+,41+,42-,43-,44+,45+,46-,47+,48?,50?,51-,52+,53+,54-,55-,56-,58?,59+,60+/m0/s1. The molecule has 0 radical (unpaired) electrons. The second-order valence-corrected chi connectivity index (χ2v) is 23.3. The molecule has 23 atom stereocenters. The average Bonchev–Trinajstić information content (AvgIpc) is 2.08. The zero-order valence-electron chi connectivity index (χ0n) is 49.2. The van der Waals surface area contributed by atoms with Gasteiger partial charge in [0, 0.05) is 57.2 Å². The molecule has 0 aromatic rings. The van der Waals surface area contributed by atoms with Crippen LogP contribution >= 0.6 is 0 Å². The minimum Gasteiger partial charge on any atom is -0.462 e. The van der Waals surface area contributed by atoms with Crippen LogP contribution in [0.25, 0.3) is 0 Å². The smallest absolute Gasteiger partial charge is 0.308 e. The normalized spacial score (nSPS) is 41.7. The fourth-order valence-corrected chi connectivity index (χ4v) is 11.0. The molecule has 85 heavy (non-hydrogen) atoms. The van der Waals surface area contributed by atoms with Crippen molar-refractivity contribution in [2.45, 2.75) is 207 Å². The van der Waals surface area contributed by atoms with Gasteiger partial charge in [-0.15, -0.1) is 0 Å². The van der Waals surface area contributed by atoms with Crippen LogP contribution in [-0.4, -0.2) is 262 Å². The maximum absolute atomic E-state index is 14.2. The molecular weight excluding hydrogens is 1110 g/mol. The van der Waals surface area contributed by atoms with Gasteiger partial charge < -0.3 is 111 Å². The summed E-state index contributed by atoms with van der Waals surface area (Å²) >= 11 is 0. The van der Waals surface area contributed by atoms with Crippen LogP contribution in [0.2, 0.25) is 0 Å². The molecular formula is C60H97N3O22. The molecule has 0 aromatic heterocycles. The van der Waals surface area contributed by atoms with Crippen LogP contribution in [0.3, 0.4) is 0 Å².